The highest BCUT2D eigenvalue weighted by Gasteiger charge is 2.59. The molecule has 168 valence electrons. The van der Waals surface area contributed by atoms with E-state index < -0.39 is 4.87 Å². The van der Waals surface area contributed by atoms with Gasteiger partial charge in [0.2, 0.25) is 0 Å². The van der Waals surface area contributed by atoms with Crippen molar-refractivity contribution in [2.24, 2.45) is 0 Å². The fourth-order valence-electron chi connectivity index (χ4n) is 4.61. The molecular formula is C27H26N2O3S. The van der Waals surface area contributed by atoms with Crippen molar-refractivity contribution in [1.82, 2.24) is 4.90 Å². The molecule has 1 fully saturated rings. The monoisotopic (exact) mass is 458 g/mol. The minimum atomic E-state index is -1.09. The molecule has 2 heterocycles. The number of ether oxygens (including phenoxy) is 1. The van der Waals surface area contributed by atoms with Crippen LogP contribution in [-0.4, -0.2) is 36.1 Å². The van der Waals surface area contributed by atoms with Gasteiger partial charge in [-0.1, -0.05) is 47.5 Å². The van der Waals surface area contributed by atoms with Crippen LogP contribution in [0.2, 0.25) is 0 Å². The van der Waals surface area contributed by atoms with Crippen molar-refractivity contribution in [3.8, 4) is 5.75 Å². The van der Waals surface area contributed by atoms with E-state index in [2.05, 4.69) is 12.1 Å². The second-order valence-electron chi connectivity index (χ2n) is 8.58. The fourth-order valence-corrected chi connectivity index (χ4v) is 6.06. The molecule has 1 spiro atoms. The lowest BCUT2D eigenvalue weighted by Gasteiger charge is -2.33. The Morgan fingerprint density at radius 1 is 1.00 bits per heavy atom. The molecule has 3 aromatic rings. The van der Waals surface area contributed by atoms with Crippen LogP contribution in [0.4, 0.5) is 5.69 Å². The predicted molar refractivity (Wildman–Crippen MR) is 132 cm³/mol. The molecule has 2 aliphatic rings. The van der Waals surface area contributed by atoms with E-state index >= 15 is 0 Å². The zero-order valence-corrected chi connectivity index (χ0v) is 19.8. The number of nitrogens with zero attached hydrogens (tertiary/aromatic N) is 2. The smallest absolute Gasteiger partial charge is 0.268 e. The first-order valence-corrected chi connectivity index (χ1v) is 12.0. The van der Waals surface area contributed by atoms with E-state index in [1.807, 2.05) is 73.3 Å². The van der Waals surface area contributed by atoms with Crippen LogP contribution in [0.25, 0.3) is 0 Å². The normalized spacial score (nSPS) is 19.3. The maximum Gasteiger partial charge on any atom is 0.268 e. The molecule has 6 heteroatoms. The first-order chi connectivity index (χ1) is 15.9. The minimum absolute atomic E-state index is 0.0747. The number of rotatable bonds is 4. The summed E-state index contributed by atoms with van der Waals surface area (Å²) in [5, 5.41) is 0. The van der Waals surface area contributed by atoms with E-state index in [1.54, 1.807) is 12.0 Å². The highest BCUT2D eigenvalue weighted by atomic mass is 32.2. The molecule has 0 saturated carbocycles. The second-order valence-corrected chi connectivity index (χ2v) is 9.86. The third-order valence-corrected chi connectivity index (χ3v) is 7.82. The van der Waals surface area contributed by atoms with Crippen LogP contribution in [-0.2, 0) is 16.2 Å². The SMILES string of the molecule is COc1ccc2c(c1)[C@@]1(SCCN1C(=O)c1ccc(C)cc1)C(=O)N2Cc1ccc(C)cc1. The van der Waals surface area contributed by atoms with E-state index in [0.29, 0.717) is 30.2 Å². The average Bonchev–Trinajstić information content (AvgIpc) is 3.37. The Bertz CT molecular complexity index is 1220. The lowest BCUT2D eigenvalue weighted by Crippen LogP contribution is -2.50. The Kier molecular flexibility index (Phi) is 5.41. The number of carbonyl (C=O) groups excluding carboxylic acids is 2. The lowest BCUT2D eigenvalue weighted by molar-refractivity contribution is -0.123. The van der Waals surface area contributed by atoms with Gasteiger partial charge in [-0.15, -0.1) is 11.8 Å². The van der Waals surface area contributed by atoms with Crippen LogP contribution in [0.5, 0.6) is 5.75 Å². The number of hydrogen-bond acceptors (Lipinski definition) is 4. The van der Waals surface area contributed by atoms with Gasteiger partial charge in [-0.3, -0.25) is 9.59 Å². The lowest BCUT2D eigenvalue weighted by atomic mass is 10.0. The molecule has 0 aliphatic carbocycles. The summed E-state index contributed by atoms with van der Waals surface area (Å²) in [5.41, 5.74) is 5.56. The number of aryl methyl sites for hydroxylation is 2. The molecule has 0 unspecified atom stereocenters. The summed E-state index contributed by atoms with van der Waals surface area (Å²) in [5.74, 6) is 1.17. The molecule has 33 heavy (non-hydrogen) atoms. The van der Waals surface area contributed by atoms with Crippen molar-refractivity contribution in [3.63, 3.8) is 0 Å². The highest BCUT2D eigenvalue weighted by Crippen LogP contribution is 2.55. The summed E-state index contributed by atoms with van der Waals surface area (Å²) in [7, 11) is 1.62. The molecule has 0 radical (unpaired) electrons. The van der Waals surface area contributed by atoms with Crippen LogP contribution < -0.4 is 9.64 Å². The summed E-state index contributed by atoms with van der Waals surface area (Å²) in [6.07, 6.45) is 0. The molecule has 5 nitrogen and oxygen atoms in total. The van der Waals surface area contributed by atoms with Gasteiger partial charge in [0.15, 0.2) is 4.87 Å². The quantitative estimate of drug-likeness (QED) is 0.558. The van der Waals surface area contributed by atoms with Gasteiger partial charge in [-0.05, 0) is 49.7 Å². The Labute approximate surface area is 198 Å². The number of benzene rings is 3. The molecule has 5 rings (SSSR count). The van der Waals surface area contributed by atoms with E-state index in [1.165, 1.54) is 17.3 Å². The van der Waals surface area contributed by atoms with Gasteiger partial charge in [0.25, 0.3) is 11.8 Å². The molecule has 2 amide bonds. The van der Waals surface area contributed by atoms with Crippen molar-refractivity contribution in [1.29, 1.82) is 0 Å². The van der Waals surface area contributed by atoms with Gasteiger partial charge in [0.05, 0.1) is 19.3 Å². The van der Waals surface area contributed by atoms with Crippen LogP contribution in [0.15, 0.2) is 66.7 Å². The zero-order chi connectivity index (χ0) is 23.2. The minimum Gasteiger partial charge on any atom is -0.497 e. The fraction of sp³-hybridized carbons (Fsp3) is 0.259. The number of fused-ring (bicyclic) bond motifs is 2. The largest absolute Gasteiger partial charge is 0.497 e. The van der Waals surface area contributed by atoms with Crippen LogP contribution >= 0.6 is 11.8 Å². The predicted octanol–water partition coefficient (Wildman–Crippen LogP) is 4.90. The van der Waals surface area contributed by atoms with E-state index in [0.717, 1.165) is 22.4 Å². The van der Waals surface area contributed by atoms with Crippen LogP contribution in [0, 0.1) is 13.8 Å². The number of amides is 2. The van der Waals surface area contributed by atoms with Crippen LogP contribution in [0.1, 0.15) is 32.6 Å². The summed E-state index contributed by atoms with van der Waals surface area (Å²) >= 11 is 1.53. The number of thioether (sulfide) groups is 1. The molecule has 0 N–H and O–H groups in total. The van der Waals surface area contributed by atoms with Gasteiger partial charge < -0.3 is 14.5 Å². The Balaban J connectivity index is 1.60. The third-order valence-electron chi connectivity index (χ3n) is 6.41. The maximum atomic E-state index is 14.1. The maximum absolute atomic E-state index is 14.1. The number of hydrogen-bond donors (Lipinski definition) is 0. The number of carbonyl (C=O) groups is 2. The van der Waals surface area contributed by atoms with Gasteiger partial charge in [-0.25, -0.2) is 0 Å². The van der Waals surface area contributed by atoms with Crippen molar-refractivity contribution in [2.45, 2.75) is 25.3 Å². The summed E-state index contributed by atoms with van der Waals surface area (Å²) in [6, 6.07) is 21.5. The number of methoxy groups -OCH3 is 1. The van der Waals surface area contributed by atoms with E-state index in [-0.39, 0.29) is 11.8 Å². The summed E-state index contributed by atoms with van der Waals surface area (Å²) in [6.45, 7) is 5.00. The first kappa shape index (κ1) is 21.6. The highest BCUT2D eigenvalue weighted by molar-refractivity contribution is 8.01. The molecule has 2 aliphatic heterocycles. The molecule has 1 atom stereocenters. The average molecular weight is 459 g/mol. The van der Waals surface area contributed by atoms with E-state index in [4.69, 9.17) is 4.74 Å². The molecule has 1 saturated heterocycles. The van der Waals surface area contributed by atoms with Crippen molar-refractivity contribution in [2.75, 3.05) is 24.3 Å². The topological polar surface area (TPSA) is 49.9 Å². The van der Waals surface area contributed by atoms with E-state index in [9.17, 15) is 9.59 Å². The van der Waals surface area contributed by atoms with Gasteiger partial charge in [-0.2, -0.15) is 0 Å². The molecular weight excluding hydrogens is 432 g/mol. The molecule has 0 bridgehead atoms. The standard InChI is InChI=1S/C27H26N2O3S/c1-18-4-8-20(9-5-18)17-28-24-13-12-22(32-3)16-23(24)27(26(28)31)29(14-15-33-27)25(30)21-10-6-19(2)7-11-21/h4-13,16H,14-15,17H2,1-3H3/t27-/m1/s1. The molecule has 0 aromatic heterocycles. The Morgan fingerprint density at radius 3 is 2.33 bits per heavy atom. The second kappa shape index (κ2) is 8.27. The van der Waals surface area contributed by atoms with Gasteiger partial charge in [0, 0.05) is 23.4 Å². The third kappa shape index (κ3) is 3.49. The van der Waals surface area contributed by atoms with Gasteiger partial charge in [0.1, 0.15) is 5.75 Å². The van der Waals surface area contributed by atoms with Gasteiger partial charge >= 0.3 is 0 Å². The Morgan fingerprint density at radius 2 is 1.67 bits per heavy atom. The van der Waals surface area contributed by atoms with Crippen molar-refractivity contribution >= 4 is 29.3 Å². The van der Waals surface area contributed by atoms with Crippen LogP contribution in [0.3, 0.4) is 0 Å². The summed E-state index contributed by atoms with van der Waals surface area (Å²) < 4.78 is 5.50. The zero-order valence-electron chi connectivity index (χ0n) is 19.0. The Hall–Kier alpha value is -3.25. The number of anilines is 1. The first-order valence-electron chi connectivity index (χ1n) is 11.0. The van der Waals surface area contributed by atoms with Crippen molar-refractivity contribution in [3.05, 3.63) is 94.5 Å². The molecule has 3 aromatic carbocycles. The van der Waals surface area contributed by atoms with Crippen molar-refractivity contribution < 1.29 is 14.3 Å². The summed E-state index contributed by atoms with van der Waals surface area (Å²) in [4.78, 5) is 30.2.